The third kappa shape index (κ3) is 3.37. The Morgan fingerprint density at radius 3 is 3.00 bits per heavy atom. The molecule has 0 spiro atoms. The lowest BCUT2D eigenvalue weighted by Crippen LogP contribution is -2.25. The van der Waals surface area contributed by atoms with Crippen LogP contribution in [0.2, 0.25) is 0 Å². The fourth-order valence-electron chi connectivity index (χ4n) is 1.48. The number of thiophene rings is 1. The molecule has 2 aromatic heterocycles. The molecule has 0 aliphatic carbocycles. The molecular formula is C11H12BrN3OS2. The minimum absolute atomic E-state index is 0.0718. The molecule has 96 valence electrons. The second kappa shape index (κ2) is 6.40. The van der Waals surface area contributed by atoms with Gasteiger partial charge >= 0.3 is 0 Å². The van der Waals surface area contributed by atoms with Crippen molar-refractivity contribution in [1.82, 2.24) is 14.9 Å². The minimum Gasteiger partial charge on any atom is -0.351 e. The summed E-state index contributed by atoms with van der Waals surface area (Å²) in [5.41, 5.74) is 0.774. The summed E-state index contributed by atoms with van der Waals surface area (Å²) in [4.78, 5) is 13.8. The van der Waals surface area contributed by atoms with Gasteiger partial charge in [-0.25, -0.2) is 0 Å². The van der Waals surface area contributed by atoms with Crippen LogP contribution < -0.4 is 5.32 Å². The van der Waals surface area contributed by atoms with E-state index in [-0.39, 0.29) is 5.91 Å². The first-order valence-corrected chi connectivity index (χ1v) is 7.92. The van der Waals surface area contributed by atoms with E-state index in [0.717, 1.165) is 33.9 Å². The van der Waals surface area contributed by atoms with E-state index in [9.17, 15) is 4.79 Å². The monoisotopic (exact) mass is 345 g/mol. The smallest absolute Gasteiger partial charge is 0.264 e. The Labute approximate surface area is 122 Å². The van der Waals surface area contributed by atoms with Crippen LogP contribution >= 0.6 is 38.8 Å². The highest BCUT2D eigenvalue weighted by Gasteiger charge is 2.14. The van der Waals surface area contributed by atoms with Gasteiger partial charge in [0.2, 0.25) is 0 Å². The lowest BCUT2D eigenvalue weighted by Gasteiger charge is -2.02. The van der Waals surface area contributed by atoms with Crippen LogP contribution in [0.4, 0.5) is 0 Å². The van der Waals surface area contributed by atoms with Crippen LogP contribution in [0, 0.1) is 0 Å². The Bertz CT molecular complexity index is 538. The number of hydrogen-bond donors (Lipinski definition) is 1. The molecule has 0 radical (unpaired) electrons. The SMILES string of the molecule is CCc1nnsc1C(=O)NCCc1ccc(Br)s1. The van der Waals surface area contributed by atoms with E-state index in [0.29, 0.717) is 11.4 Å². The van der Waals surface area contributed by atoms with Gasteiger partial charge in [-0.1, -0.05) is 11.4 Å². The minimum atomic E-state index is -0.0718. The van der Waals surface area contributed by atoms with Crippen LogP contribution in [-0.2, 0) is 12.8 Å². The number of aryl methyl sites for hydroxylation is 1. The van der Waals surface area contributed by atoms with Gasteiger partial charge in [0.05, 0.1) is 9.48 Å². The lowest BCUT2D eigenvalue weighted by atomic mass is 10.3. The van der Waals surface area contributed by atoms with Gasteiger partial charge in [0.25, 0.3) is 5.91 Å². The van der Waals surface area contributed by atoms with Crippen molar-refractivity contribution >= 4 is 44.7 Å². The van der Waals surface area contributed by atoms with E-state index in [2.05, 4.69) is 36.9 Å². The van der Waals surface area contributed by atoms with E-state index in [1.54, 1.807) is 11.3 Å². The standard InChI is InChI=1S/C11H12BrN3OS2/c1-2-8-10(18-15-14-8)11(16)13-6-5-7-3-4-9(12)17-7/h3-4H,2,5-6H2,1H3,(H,13,16). The van der Waals surface area contributed by atoms with Crippen molar-refractivity contribution in [2.24, 2.45) is 0 Å². The number of aromatic nitrogens is 2. The number of hydrogen-bond acceptors (Lipinski definition) is 5. The summed E-state index contributed by atoms with van der Waals surface area (Å²) in [7, 11) is 0. The van der Waals surface area contributed by atoms with Crippen molar-refractivity contribution in [2.45, 2.75) is 19.8 Å². The van der Waals surface area contributed by atoms with Gasteiger partial charge in [-0.15, -0.1) is 16.4 Å². The molecule has 0 bridgehead atoms. The van der Waals surface area contributed by atoms with E-state index in [1.807, 2.05) is 13.0 Å². The number of carbonyl (C=O) groups excluding carboxylic acids is 1. The Hall–Kier alpha value is -0.790. The molecular weight excluding hydrogens is 334 g/mol. The summed E-state index contributed by atoms with van der Waals surface area (Å²) in [5.74, 6) is -0.0718. The quantitative estimate of drug-likeness (QED) is 0.906. The fourth-order valence-corrected chi connectivity index (χ4v) is 3.63. The zero-order valence-electron chi connectivity index (χ0n) is 9.77. The van der Waals surface area contributed by atoms with Crippen molar-refractivity contribution in [1.29, 1.82) is 0 Å². The van der Waals surface area contributed by atoms with Crippen LogP contribution in [0.5, 0.6) is 0 Å². The summed E-state index contributed by atoms with van der Waals surface area (Å²) in [6.07, 6.45) is 1.58. The van der Waals surface area contributed by atoms with E-state index < -0.39 is 0 Å². The molecule has 2 aromatic rings. The van der Waals surface area contributed by atoms with Crippen LogP contribution in [-0.4, -0.2) is 22.0 Å². The second-order valence-corrected chi connectivity index (χ2v) is 6.92. The topological polar surface area (TPSA) is 54.9 Å². The average Bonchev–Trinajstić information content (AvgIpc) is 2.97. The maximum absolute atomic E-state index is 11.9. The summed E-state index contributed by atoms with van der Waals surface area (Å²) in [5, 5.41) is 6.83. The Balaban J connectivity index is 1.85. The first kappa shape index (κ1) is 13.6. The third-order valence-electron chi connectivity index (χ3n) is 2.38. The summed E-state index contributed by atoms with van der Waals surface area (Å²) >= 11 is 6.26. The number of nitrogens with zero attached hydrogens (tertiary/aromatic N) is 2. The first-order chi connectivity index (χ1) is 8.70. The Morgan fingerprint density at radius 1 is 1.50 bits per heavy atom. The van der Waals surface area contributed by atoms with Gasteiger partial charge in [0, 0.05) is 11.4 Å². The number of halogens is 1. The fraction of sp³-hybridized carbons (Fsp3) is 0.364. The number of amides is 1. The van der Waals surface area contributed by atoms with Crippen molar-refractivity contribution in [3.8, 4) is 0 Å². The molecule has 0 aliphatic heterocycles. The van der Waals surface area contributed by atoms with Gasteiger partial charge in [-0.3, -0.25) is 4.79 Å². The van der Waals surface area contributed by atoms with Crippen LogP contribution in [0.3, 0.4) is 0 Å². The van der Waals surface area contributed by atoms with Gasteiger partial charge in [-0.2, -0.15) is 0 Å². The molecule has 0 aromatic carbocycles. The van der Waals surface area contributed by atoms with Crippen molar-refractivity contribution < 1.29 is 4.79 Å². The van der Waals surface area contributed by atoms with E-state index >= 15 is 0 Å². The maximum atomic E-state index is 11.9. The molecule has 2 rings (SSSR count). The zero-order chi connectivity index (χ0) is 13.0. The first-order valence-electron chi connectivity index (χ1n) is 5.54. The normalized spacial score (nSPS) is 10.6. The maximum Gasteiger partial charge on any atom is 0.264 e. The van der Waals surface area contributed by atoms with Gasteiger partial charge in [0.15, 0.2) is 0 Å². The van der Waals surface area contributed by atoms with Gasteiger partial charge in [-0.05, 0) is 52.4 Å². The van der Waals surface area contributed by atoms with Gasteiger partial charge in [0.1, 0.15) is 4.88 Å². The highest BCUT2D eigenvalue weighted by atomic mass is 79.9. The highest BCUT2D eigenvalue weighted by molar-refractivity contribution is 9.11. The molecule has 0 aliphatic rings. The summed E-state index contributed by atoms with van der Waals surface area (Å²) in [6, 6.07) is 4.08. The van der Waals surface area contributed by atoms with E-state index in [4.69, 9.17) is 0 Å². The molecule has 1 N–H and O–H groups in total. The number of rotatable bonds is 5. The largest absolute Gasteiger partial charge is 0.351 e. The van der Waals surface area contributed by atoms with Crippen LogP contribution in [0.25, 0.3) is 0 Å². The molecule has 0 fully saturated rings. The number of nitrogens with one attached hydrogen (secondary N) is 1. The third-order valence-corrected chi connectivity index (χ3v) is 4.83. The molecule has 1 amide bonds. The second-order valence-electron chi connectivity index (χ2n) is 3.61. The Morgan fingerprint density at radius 2 is 2.33 bits per heavy atom. The molecule has 7 heteroatoms. The molecule has 4 nitrogen and oxygen atoms in total. The average molecular weight is 346 g/mol. The highest BCUT2D eigenvalue weighted by Crippen LogP contribution is 2.22. The molecule has 0 unspecified atom stereocenters. The van der Waals surface area contributed by atoms with Crippen LogP contribution in [0.1, 0.15) is 27.2 Å². The van der Waals surface area contributed by atoms with Crippen LogP contribution in [0.15, 0.2) is 15.9 Å². The molecule has 0 saturated heterocycles. The van der Waals surface area contributed by atoms with Gasteiger partial charge < -0.3 is 5.32 Å². The van der Waals surface area contributed by atoms with Crippen molar-refractivity contribution in [3.05, 3.63) is 31.4 Å². The van der Waals surface area contributed by atoms with Crippen molar-refractivity contribution in [3.63, 3.8) is 0 Å². The number of carbonyl (C=O) groups is 1. The summed E-state index contributed by atoms with van der Waals surface area (Å²) in [6.45, 7) is 2.60. The summed E-state index contributed by atoms with van der Waals surface area (Å²) < 4.78 is 4.92. The molecule has 0 atom stereocenters. The lowest BCUT2D eigenvalue weighted by molar-refractivity contribution is 0.0957. The predicted octanol–water partition coefficient (Wildman–Crippen LogP) is 2.90. The Kier molecular flexibility index (Phi) is 4.85. The predicted molar refractivity (Wildman–Crippen MR) is 77.3 cm³/mol. The molecule has 2 heterocycles. The zero-order valence-corrected chi connectivity index (χ0v) is 13.0. The van der Waals surface area contributed by atoms with E-state index in [1.165, 1.54) is 4.88 Å². The molecule has 0 saturated carbocycles. The molecule has 18 heavy (non-hydrogen) atoms. The van der Waals surface area contributed by atoms with Crippen molar-refractivity contribution in [2.75, 3.05) is 6.54 Å².